The predicted molar refractivity (Wildman–Crippen MR) is 110 cm³/mol. The van der Waals surface area contributed by atoms with E-state index < -0.39 is 7.82 Å². The number of aliphatic hydroxyl groups excluding tert-OH is 1. The number of aromatic amines is 1. The van der Waals surface area contributed by atoms with Gasteiger partial charge in [-0.1, -0.05) is 17.7 Å². The van der Waals surface area contributed by atoms with Crippen molar-refractivity contribution >= 4 is 25.3 Å². The van der Waals surface area contributed by atoms with Crippen LogP contribution in [0.15, 0.2) is 29.1 Å². The first-order valence-corrected chi connectivity index (χ1v) is 11.0. The number of phosphoric acid groups is 1. The highest BCUT2D eigenvalue weighted by atomic mass is 31.2. The molecule has 2 aromatic rings. The van der Waals surface area contributed by atoms with Crippen LogP contribution in [0.3, 0.4) is 0 Å². The van der Waals surface area contributed by atoms with Crippen LogP contribution >= 0.6 is 7.82 Å². The van der Waals surface area contributed by atoms with Gasteiger partial charge in [-0.3, -0.25) is 19.2 Å². The minimum Gasteiger partial charge on any atom is -0.404 e. The van der Waals surface area contributed by atoms with Crippen LogP contribution in [-0.4, -0.2) is 45.9 Å². The zero-order valence-electron chi connectivity index (χ0n) is 16.3. The molecule has 0 bridgehead atoms. The van der Waals surface area contributed by atoms with Crippen molar-refractivity contribution < 1.29 is 23.6 Å². The highest BCUT2D eigenvalue weighted by Crippen LogP contribution is 2.48. The predicted octanol–water partition coefficient (Wildman–Crippen LogP) is 1.04. The quantitative estimate of drug-likeness (QED) is 0.396. The van der Waals surface area contributed by atoms with Crippen molar-refractivity contribution in [2.45, 2.75) is 19.4 Å². The Morgan fingerprint density at radius 2 is 2.10 bits per heavy atom. The van der Waals surface area contributed by atoms with Gasteiger partial charge in [-0.05, 0) is 31.4 Å². The van der Waals surface area contributed by atoms with Crippen LogP contribution in [0.1, 0.15) is 12.0 Å². The van der Waals surface area contributed by atoms with E-state index in [0.29, 0.717) is 24.6 Å². The first-order valence-electron chi connectivity index (χ1n) is 9.52. The van der Waals surface area contributed by atoms with Gasteiger partial charge in [0.2, 0.25) is 5.95 Å². The molecule has 2 heterocycles. The smallest absolute Gasteiger partial charge is 0.404 e. The molecule has 0 amide bonds. The number of phosphoric ester groups is 1. The molecule has 0 spiro atoms. The summed E-state index contributed by atoms with van der Waals surface area (Å²) in [6, 6.07) is 6.55. The molecule has 1 aliphatic carbocycles. The fourth-order valence-corrected chi connectivity index (χ4v) is 4.69. The second-order valence-electron chi connectivity index (χ2n) is 7.53. The maximum absolute atomic E-state index is 12.4. The second-order valence-corrected chi connectivity index (χ2v) is 8.91. The summed E-state index contributed by atoms with van der Waals surface area (Å²) in [6.45, 7) is 2.05. The van der Waals surface area contributed by atoms with Gasteiger partial charge in [-0.2, -0.15) is 4.98 Å². The molecular weight excluding hydrogens is 413 g/mol. The van der Waals surface area contributed by atoms with Crippen LogP contribution in [0.25, 0.3) is 0 Å². The number of hydrogen-bond acceptors (Lipinski definition) is 9. The summed E-state index contributed by atoms with van der Waals surface area (Å²) in [5.74, 6) is 0.284. The lowest BCUT2D eigenvalue weighted by Gasteiger charge is -2.48. The number of aryl methyl sites for hydroxylation is 1. The number of nitrogens with zero attached hydrogens (tertiary/aromatic N) is 2. The zero-order valence-corrected chi connectivity index (χ0v) is 17.2. The number of hydrogen-bond donors (Lipinski definition) is 5. The Kier molecular flexibility index (Phi) is 5.46. The number of H-pyrrole nitrogens is 1. The standard InChI is InChI=1S/C18H24N5O6P/c1-10-2-4-12(5-3-10)29-30(26,27)28-8-13-11(7-24)6-14(13)23-9-20-15-16(23)21-18(19)22-17(15)25/h2-5,11,13-14,20,24H,6-9H2,1H3,(H,26,27)(H3,19,21,22,25). The Balaban J connectivity index is 1.45. The van der Waals surface area contributed by atoms with E-state index in [2.05, 4.69) is 15.3 Å². The molecule has 11 nitrogen and oxygen atoms in total. The highest BCUT2D eigenvalue weighted by molar-refractivity contribution is 7.47. The number of nitrogens with one attached hydrogen (secondary N) is 2. The van der Waals surface area contributed by atoms with Gasteiger partial charge in [-0.25, -0.2) is 4.57 Å². The minimum absolute atomic E-state index is 0.00430. The van der Waals surface area contributed by atoms with Crippen molar-refractivity contribution in [1.82, 2.24) is 9.97 Å². The van der Waals surface area contributed by atoms with Crippen LogP contribution in [0.2, 0.25) is 0 Å². The van der Waals surface area contributed by atoms with Gasteiger partial charge < -0.3 is 25.6 Å². The molecule has 4 unspecified atom stereocenters. The van der Waals surface area contributed by atoms with Gasteiger partial charge in [-0.15, -0.1) is 0 Å². The van der Waals surface area contributed by atoms with Crippen molar-refractivity contribution in [3.8, 4) is 5.75 Å². The van der Waals surface area contributed by atoms with Gasteiger partial charge in [0.15, 0.2) is 5.82 Å². The fraction of sp³-hybridized carbons (Fsp3) is 0.444. The number of fused-ring (bicyclic) bond motifs is 1. The van der Waals surface area contributed by atoms with Gasteiger partial charge in [0.1, 0.15) is 11.4 Å². The molecule has 1 aromatic carbocycles. The summed E-state index contributed by atoms with van der Waals surface area (Å²) >= 11 is 0. The second kappa shape index (κ2) is 7.92. The molecule has 0 radical (unpaired) electrons. The van der Waals surface area contributed by atoms with Crippen molar-refractivity contribution in [1.29, 1.82) is 0 Å². The van der Waals surface area contributed by atoms with Gasteiger partial charge in [0, 0.05) is 18.6 Å². The van der Waals surface area contributed by atoms with E-state index in [-0.39, 0.29) is 48.3 Å². The van der Waals surface area contributed by atoms with Crippen molar-refractivity contribution in [3.05, 3.63) is 40.2 Å². The van der Waals surface area contributed by atoms with Crippen molar-refractivity contribution in [3.63, 3.8) is 0 Å². The third-order valence-electron chi connectivity index (χ3n) is 5.57. The molecule has 1 saturated carbocycles. The molecule has 1 aliphatic heterocycles. The molecule has 0 saturated heterocycles. The summed E-state index contributed by atoms with van der Waals surface area (Å²) in [6.07, 6.45) is 0.620. The monoisotopic (exact) mass is 437 g/mol. The average Bonchev–Trinajstić information content (AvgIpc) is 3.07. The Morgan fingerprint density at radius 1 is 1.37 bits per heavy atom. The highest BCUT2D eigenvalue weighted by Gasteiger charge is 2.47. The number of rotatable bonds is 7. The number of aliphatic hydroxyl groups is 1. The molecular formula is C18H24N5O6P. The van der Waals surface area contributed by atoms with Crippen LogP contribution in [0, 0.1) is 18.8 Å². The molecule has 4 rings (SSSR count). The topological polar surface area (TPSA) is 163 Å². The van der Waals surface area contributed by atoms with E-state index in [1.54, 1.807) is 24.3 Å². The molecule has 2 aliphatic rings. The lowest BCUT2D eigenvalue weighted by molar-refractivity contribution is 0.0217. The number of nitrogens with two attached hydrogens (primary N) is 1. The van der Waals surface area contributed by atoms with Crippen LogP contribution < -0.4 is 26.0 Å². The van der Waals surface area contributed by atoms with Crippen LogP contribution in [0.4, 0.5) is 17.5 Å². The number of anilines is 3. The first-order chi connectivity index (χ1) is 14.3. The average molecular weight is 437 g/mol. The Bertz CT molecular complexity index is 1030. The first kappa shape index (κ1) is 20.7. The molecule has 1 fully saturated rings. The molecule has 162 valence electrons. The minimum atomic E-state index is -4.35. The summed E-state index contributed by atoms with van der Waals surface area (Å²) in [5.41, 5.74) is 6.62. The van der Waals surface area contributed by atoms with E-state index in [9.17, 15) is 19.4 Å². The van der Waals surface area contributed by atoms with Crippen molar-refractivity contribution in [2.75, 3.05) is 35.8 Å². The summed E-state index contributed by atoms with van der Waals surface area (Å²) in [4.78, 5) is 30.7. The maximum Gasteiger partial charge on any atom is 0.527 e. The van der Waals surface area contributed by atoms with Crippen molar-refractivity contribution in [2.24, 2.45) is 11.8 Å². The summed E-state index contributed by atoms with van der Waals surface area (Å²) in [5, 5.41) is 12.6. The normalized spacial score (nSPS) is 24.5. The number of nitrogen functional groups attached to an aromatic ring is 1. The lowest BCUT2D eigenvalue weighted by Crippen LogP contribution is -2.55. The van der Waals surface area contributed by atoms with Gasteiger partial charge in [0.05, 0.1) is 13.3 Å². The SMILES string of the molecule is Cc1ccc(OP(=O)(O)OCC2C(CO)CC2N2CNc3c2nc(N)[nH]c3=O)cc1. The molecule has 12 heteroatoms. The number of aromatic nitrogens is 2. The van der Waals surface area contributed by atoms with E-state index in [1.165, 1.54) is 0 Å². The maximum atomic E-state index is 12.4. The third kappa shape index (κ3) is 4.01. The molecule has 30 heavy (non-hydrogen) atoms. The van der Waals surface area contributed by atoms with E-state index in [4.69, 9.17) is 14.8 Å². The largest absolute Gasteiger partial charge is 0.527 e. The van der Waals surface area contributed by atoms with Crippen LogP contribution in [-0.2, 0) is 9.09 Å². The summed E-state index contributed by atoms with van der Waals surface area (Å²) < 4.78 is 22.7. The zero-order chi connectivity index (χ0) is 21.5. The van der Waals surface area contributed by atoms with Crippen LogP contribution in [0.5, 0.6) is 5.75 Å². The van der Waals surface area contributed by atoms with E-state index in [1.807, 2.05) is 11.8 Å². The van der Waals surface area contributed by atoms with E-state index in [0.717, 1.165) is 5.56 Å². The molecule has 1 aromatic heterocycles. The van der Waals surface area contributed by atoms with Gasteiger partial charge >= 0.3 is 7.82 Å². The lowest BCUT2D eigenvalue weighted by atomic mass is 9.69. The fourth-order valence-electron chi connectivity index (χ4n) is 3.89. The molecule has 6 N–H and O–H groups in total. The Morgan fingerprint density at radius 3 is 2.80 bits per heavy atom. The third-order valence-corrected chi connectivity index (χ3v) is 6.48. The Hall–Kier alpha value is -2.59. The van der Waals surface area contributed by atoms with E-state index >= 15 is 0 Å². The molecule has 4 atom stereocenters. The number of benzene rings is 1. The Labute approximate surface area is 172 Å². The van der Waals surface area contributed by atoms with Gasteiger partial charge in [0.25, 0.3) is 5.56 Å². The summed E-state index contributed by atoms with van der Waals surface area (Å²) in [7, 11) is -4.35.